The molecule has 1 heterocycles. The molecule has 1 atom stereocenters. The van der Waals surface area contributed by atoms with Crippen LogP contribution in [0.5, 0.6) is 0 Å². The molecule has 3 aromatic rings. The summed E-state index contributed by atoms with van der Waals surface area (Å²) in [5.74, 6) is 0.821. The fourth-order valence-corrected chi connectivity index (χ4v) is 3.36. The summed E-state index contributed by atoms with van der Waals surface area (Å²) in [4.78, 5) is 17.3. The number of aromatic nitrogens is 3. The van der Waals surface area contributed by atoms with Crippen LogP contribution in [0.4, 0.5) is 0 Å². The van der Waals surface area contributed by atoms with E-state index in [1.165, 1.54) is 17.3 Å². The molecule has 25 heavy (non-hydrogen) atoms. The molecule has 0 radical (unpaired) electrons. The Balaban J connectivity index is 1.75. The molecule has 0 aliphatic carbocycles. The highest BCUT2D eigenvalue weighted by molar-refractivity contribution is 8.00. The van der Waals surface area contributed by atoms with Gasteiger partial charge in [0.2, 0.25) is 5.16 Å². The molecule has 3 rings (SSSR count). The Kier molecular flexibility index (Phi) is 5.04. The number of benzene rings is 2. The van der Waals surface area contributed by atoms with E-state index in [2.05, 4.69) is 15.2 Å². The Morgan fingerprint density at radius 3 is 2.44 bits per heavy atom. The van der Waals surface area contributed by atoms with Gasteiger partial charge >= 0.3 is 0 Å². The van der Waals surface area contributed by atoms with E-state index in [1.807, 2.05) is 70.2 Å². The predicted molar refractivity (Wildman–Crippen MR) is 102 cm³/mol. The number of ketones is 1. The second-order valence-corrected chi connectivity index (χ2v) is 7.58. The van der Waals surface area contributed by atoms with Crippen molar-refractivity contribution in [3.63, 3.8) is 0 Å². The van der Waals surface area contributed by atoms with E-state index in [9.17, 15) is 4.79 Å². The summed E-state index contributed by atoms with van der Waals surface area (Å²) in [7, 11) is 0. The van der Waals surface area contributed by atoms with Gasteiger partial charge in [-0.1, -0.05) is 59.3 Å². The maximum atomic E-state index is 12.7. The molecule has 0 aliphatic heterocycles. The molecular formula is C20H21N3OS. The Morgan fingerprint density at radius 2 is 1.72 bits per heavy atom. The van der Waals surface area contributed by atoms with E-state index >= 15 is 0 Å². The first-order valence-corrected chi connectivity index (χ1v) is 9.09. The number of hydrogen-bond acceptors (Lipinski definition) is 4. The molecule has 5 heteroatoms. The van der Waals surface area contributed by atoms with Crippen molar-refractivity contribution >= 4 is 17.5 Å². The second kappa shape index (κ2) is 7.23. The monoisotopic (exact) mass is 351 g/mol. The molecule has 0 saturated heterocycles. The van der Waals surface area contributed by atoms with E-state index in [0.29, 0.717) is 11.0 Å². The fraction of sp³-hybridized carbons (Fsp3) is 0.250. The van der Waals surface area contributed by atoms with Crippen LogP contribution in [0.3, 0.4) is 0 Å². The molecule has 2 aromatic carbocycles. The predicted octanol–water partition coefficient (Wildman–Crippen LogP) is 4.76. The molecule has 0 aliphatic rings. The van der Waals surface area contributed by atoms with Gasteiger partial charge in [-0.15, -0.1) is 5.10 Å². The number of aromatic amines is 1. The number of nitrogens with one attached hydrogen (secondary N) is 1. The van der Waals surface area contributed by atoms with Gasteiger partial charge in [-0.3, -0.25) is 9.89 Å². The van der Waals surface area contributed by atoms with Crippen LogP contribution in [0, 0.1) is 20.8 Å². The fourth-order valence-electron chi connectivity index (χ4n) is 2.57. The average Bonchev–Trinajstić information content (AvgIpc) is 3.05. The maximum absolute atomic E-state index is 12.7. The van der Waals surface area contributed by atoms with Crippen LogP contribution in [0.15, 0.2) is 47.6 Å². The zero-order valence-corrected chi connectivity index (χ0v) is 15.6. The summed E-state index contributed by atoms with van der Waals surface area (Å²) in [6, 6.07) is 14.1. The zero-order valence-electron chi connectivity index (χ0n) is 14.8. The molecular weight excluding hydrogens is 330 g/mol. The third kappa shape index (κ3) is 3.99. The van der Waals surface area contributed by atoms with E-state index < -0.39 is 0 Å². The van der Waals surface area contributed by atoms with Gasteiger partial charge in [0.25, 0.3) is 0 Å². The Labute approximate surface area is 152 Å². The average molecular weight is 351 g/mol. The van der Waals surface area contributed by atoms with Crippen molar-refractivity contribution in [2.45, 2.75) is 38.1 Å². The normalized spacial score (nSPS) is 12.2. The van der Waals surface area contributed by atoms with Crippen LogP contribution in [-0.4, -0.2) is 26.2 Å². The van der Waals surface area contributed by atoms with Gasteiger partial charge in [0.15, 0.2) is 11.6 Å². The number of hydrogen-bond donors (Lipinski definition) is 1. The summed E-state index contributed by atoms with van der Waals surface area (Å²) in [6.07, 6.45) is 0. The van der Waals surface area contributed by atoms with Gasteiger partial charge < -0.3 is 0 Å². The first-order valence-electron chi connectivity index (χ1n) is 8.21. The number of carbonyl (C=O) groups is 1. The second-order valence-electron chi connectivity index (χ2n) is 6.28. The van der Waals surface area contributed by atoms with Crippen LogP contribution in [0.2, 0.25) is 0 Å². The first-order chi connectivity index (χ1) is 11.9. The standard InChI is InChI=1S/C20H21N3OS/c1-12-6-9-16(10-7-12)19-21-20(23-22-19)25-15(4)18(24)17-11-13(2)5-8-14(17)3/h5-11,15H,1-4H3,(H,21,22,23)/t15-/m0/s1. The molecule has 0 fully saturated rings. The molecule has 128 valence electrons. The molecule has 1 N–H and O–H groups in total. The van der Waals surface area contributed by atoms with Crippen LogP contribution in [0.25, 0.3) is 11.4 Å². The minimum Gasteiger partial charge on any atom is -0.293 e. The number of nitrogens with zero attached hydrogens (tertiary/aromatic N) is 2. The Bertz CT molecular complexity index is 900. The molecule has 0 bridgehead atoms. The summed E-state index contributed by atoms with van der Waals surface area (Å²) in [6.45, 7) is 7.91. The highest BCUT2D eigenvalue weighted by Crippen LogP contribution is 2.26. The van der Waals surface area contributed by atoms with Gasteiger partial charge in [-0.25, -0.2) is 4.98 Å². The van der Waals surface area contributed by atoms with Crippen LogP contribution < -0.4 is 0 Å². The minimum absolute atomic E-state index is 0.105. The topological polar surface area (TPSA) is 58.6 Å². The van der Waals surface area contributed by atoms with Crippen molar-refractivity contribution in [3.05, 3.63) is 64.7 Å². The van der Waals surface area contributed by atoms with Crippen LogP contribution in [0.1, 0.15) is 34.0 Å². The number of Topliss-reactive ketones (excluding diaryl/α,β-unsaturated/α-hetero) is 1. The number of H-pyrrole nitrogens is 1. The lowest BCUT2D eigenvalue weighted by molar-refractivity contribution is 0.0993. The van der Waals surface area contributed by atoms with Crippen molar-refractivity contribution in [1.29, 1.82) is 0 Å². The Morgan fingerprint density at radius 1 is 1.04 bits per heavy atom. The number of carbonyl (C=O) groups excluding carboxylic acids is 1. The minimum atomic E-state index is -0.248. The number of thioether (sulfide) groups is 1. The lowest BCUT2D eigenvalue weighted by Gasteiger charge is -2.11. The zero-order chi connectivity index (χ0) is 18.0. The van der Waals surface area contributed by atoms with Gasteiger partial charge in [0.05, 0.1) is 5.25 Å². The van der Waals surface area contributed by atoms with Gasteiger partial charge in [0, 0.05) is 11.1 Å². The Hall–Kier alpha value is -2.40. The third-order valence-corrected chi connectivity index (χ3v) is 5.06. The molecule has 0 unspecified atom stereocenters. The van der Waals surface area contributed by atoms with Crippen molar-refractivity contribution < 1.29 is 4.79 Å². The van der Waals surface area contributed by atoms with Gasteiger partial charge in [-0.05, 0) is 39.3 Å². The summed E-state index contributed by atoms with van der Waals surface area (Å²) in [5, 5.41) is 7.54. The van der Waals surface area contributed by atoms with Crippen molar-refractivity contribution in [1.82, 2.24) is 15.2 Å². The number of rotatable bonds is 5. The lowest BCUT2D eigenvalue weighted by atomic mass is 10.0. The van der Waals surface area contributed by atoms with E-state index in [4.69, 9.17) is 0 Å². The highest BCUT2D eigenvalue weighted by atomic mass is 32.2. The molecule has 0 spiro atoms. The summed E-state index contributed by atoms with van der Waals surface area (Å²) >= 11 is 1.38. The highest BCUT2D eigenvalue weighted by Gasteiger charge is 2.20. The van der Waals surface area contributed by atoms with E-state index in [-0.39, 0.29) is 11.0 Å². The third-order valence-electron chi connectivity index (χ3n) is 4.10. The molecule has 0 amide bonds. The van der Waals surface area contributed by atoms with Crippen molar-refractivity contribution in [3.8, 4) is 11.4 Å². The van der Waals surface area contributed by atoms with Gasteiger partial charge in [-0.2, -0.15) is 0 Å². The lowest BCUT2D eigenvalue weighted by Crippen LogP contribution is -2.15. The first kappa shape index (κ1) is 17.4. The quantitative estimate of drug-likeness (QED) is 0.532. The smallest absolute Gasteiger partial charge is 0.209 e. The molecule has 4 nitrogen and oxygen atoms in total. The van der Waals surface area contributed by atoms with Crippen LogP contribution in [-0.2, 0) is 0 Å². The molecule has 0 saturated carbocycles. The van der Waals surface area contributed by atoms with E-state index in [1.54, 1.807) is 0 Å². The van der Waals surface area contributed by atoms with Crippen molar-refractivity contribution in [2.75, 3.05) is 0 Å². The molecule has 1 aromatic heterocycles. The summed E-state index contributed by atoms with van der Waals surface area (Å²) < 4.78 is 0. The largest absolute Gasteiger partial charge is 0.293 e. The summed E-state index contributed by atoms with van der Waals surface area (Å²) in [5.41, 5.74) is 5.04. The van der Waals surface area contributed by atoms with Crippen molar-refractivity contribution in [2.24, 2.45) is 0 Å². The van der Waals surface area contributed by atoms with Gasteiger partial charge in [0.1, 0.15) is 0 Å². The van der Waals surface area contributed by atoms with E-state index in [0.717, 1.165) is 22.3 Å². The number of aryl methyl sites for hydroxylation is 3. The SMILES string of the molecule is Cc1ccc(-c2nc(S[C@@H](C)C(=O)c3cc(C)ccc3C)n[nH]2)cc1. The maximum Gasteiger partial charge on any atom is 0.209 e. The van der Waals surface area contributed by atoms with Crippen LogP contribution >= 0.6 is 11.8 Å².